The molecule has 2 atom stereocenters. The number of carbonyl (C=O) groups is 1. The number of halogens is 1. The molecule has 4 heteroatoms. The second-order valence-corrected chi connectivity index (χ2v) is 4.78. The van der Waals surface area contributed by atoms with Crippen LogP contribution in [0.3, 0.4) is 0 Å². The zero-order valence-electron chi connectivity index (χ0n) is 9.16. The predicted octanol–water partition coefficient (Wildman–Crippen LogP) is 1.94. The fraction of sp³-hybridized carbons (Fsp3) is 0.417. The molecule has 16 heavy (non-hydrogen) atoms. The van der Waals surface area contributed by atoms with Crippen molar-refractivity contribution in [3.8, 4) is 0 Å². The highest BCUT2D eigenvalue weighted by molar-refractivity contribution is 6.31. The summed E-state index contributed by atoms with van der Waals surface area (Å²) in [5.74, 6) is 0.320. The Morgan fingerprint density at radius 2 is 2.31 bits per heavy atom. The number of hydrogen-bond acceptors (Lipinski definition) is 2. The van der Waals surface area contributed by atoms with Crippen LogP contribution in [0.25, 0.3) is 0 Å². The zero-order valence-corrected chi connectivity index (χ0v) is 9.92. The first-order valence-corrected chi connectivity index (χ1v) is 5.77. The first-order chi connectivity index (χ1) is 7.58. The van der Waals surface area contributed by atoms with Crippen molar-refractivity contribution in [2.75, 3.05) is 0 Å². The van der Waals surface area contributed by atoms with Gasteiger partial charge >= 0.3 is 0 Å². The van der Waals surface area contributed by atoms with E-state index in [1.807, 2.05) is 6.07 Å². The Balaban J connectivity index is 2.01. The Bertz CT molecular complexity index is 419. The molecule has 1 aromatic carbocycles. The van der Waals surface area contributed by atoms with Crippen LogP contribution in [0.2, 0.25) is 5.02 Å². The van der Waals surface area contributed by atoms with Gasteiger partial charge in [-0.05, 0) is 30.0 Å². The lowest BCUT2D eigenvalue weighted by Gasteiger charge is -2.07. The highest BCUT2D eigenvalue weighted by atomic mass is 35.5. The minimum atomic E-state index is -0.447. The Morgan fingerprint density at radius 1 is 1.62 bits per heavy atom. The van der Waals surface area contributed by atoms with E-state index < -0.39 is 5.91 Å². The average Bonchev–Trinajstić information content (AvgIpc) is 2.92. The van der Waals surface area contributed by atoms with Gasteiger partial charge in [0.05, 0.1) is 0 Å². The topological polar surface area (TPSA) is 55.1 Å². The number of nitrogens with one attached hydrogen (secondary N) is 1. The van der Waals surface area contributed by atoms with Gasteiger partial charge in [-0.25, -0.2) is 0 Å². The van der Waals surface area contributed by atoms with Gasteiger partial charge in [-0.2, -0.15) is 0 Å². The van der Waals surface area contributed by atoms with Gasteiger partial charge in [-0.1, -0.05) is 24.6 Å². The van der Waals surface area contributed by atoms with Gasteiger partial charge in [0.1, 0.15) is 0 Å². The molecule has 0 saturated heterocycles. The molecule has 1 fully saturated rings. The minimum absolute atomic E-state index is 0.447. The van der Waals surface area contributed by atoms with Gasteiger partial charge in [-0.15, -0.1) is 0 Å². The van der Waals surface area contributed by atoms with E-state index in [1.54, 1.807) is 12.1 Å². The molecule has 0 radical (unpaired) electrons. The number of carbonyl (C=O) groups excluding carboxylic acids is 1. The number of hydrogen-bond donors (Lipinski definition) is 2. The Labute approximate surface area is 100.0 Å². The van der Waals surface area contributed by atoms with Crippen molar-refractivity contribution in [1.82, 2.24) is 5.32 Å². The number of rotatable bonds is 4. The first-order valence-electron chi connectivity index (χ1n) is 5.39. The van der Waals surface area contributed by atoms with Crippen LogP contribution >= 0.6 is 11.6 Å². The van der Waals surface area contributed by atoms with E-state index in [-0.39, 0.29) is 0 Å². The molecule has 1 amide bonds. The summed E-state index contributed by atoms with van der Waals surface area (Å²) in [6.07, 6.45) is 1.23. The molecule has 0 bridgehead atoms. The van der Waals surface area contributed by atoms with Crippen molar-refractivity contribution in [3.63, 3.8) is 0 Å². The van der Waals surface area contributed by atoms with Crippen molar-refractivity contribution in [2.24, 2.45) is 11.7 Å². The molecule has 0 spiro atoms. The lowest BCUT2D eigenvalue weighted by atomic mass is 10.1. The molecule has 1 aliphatic carbocycles. The summed E-state index contributed by atoms with van der Waals surface area (Å²) < 4.78 is 0. The summed E-state index contributed by atoms with van der Waals surface area (Å²) in [4.78, 5) is 10.9. The molecular formula is C12H15ClN2O. The zero-order chi connectivity index (χ0) is 11.7. The summed E-state index contributed by atoms with van der Waals surface area (Å²) in [6, 6.07) is 5.80. The quantitative estimate of drug-likeness (QED) is 0.842. The molecule has 1 aromatic rings. The van der Waals surface area contributed by atoms with Crippen LogP contribution in [0.5, 0.6) is 0 Å². The second kappa shape index (κ2) is 4.44. The SMILES string of the molecule is CC1CC1NCc1ccc(C(N)=O)cc1Cl. The van der Waals surface area contributed by atoms with Gasteiger partial charge in [0.2, 0.25) is 5.91 Å². The standard InChI is InChI=1S/C12H15ClN2O/c1-7-4-11(7)15-6-9-3-2-8(12(14)16)5-10(9)13/h2-3,5,7,11,15H,4,6H2,1H3,(H2,14,16). The monoisotopic (exact) mass is 238 g/mol. The van der Waals surface area contributed by atoms with Gasteiger partial charge in [0, 0.05) is 23.2 Å². The number of nitrogens with two attached hydrogens (primary N) is 1. The van der Waals surface area contributed by atoms with E-state index >= 15 is 0 Å². The Hall–Kier alpha value is -1.06. The summed E-state index contributed by atoms with van der Waals surface area (Å²) in [6.45, 7) is 2.96. The summed E-state index contributed by atoms with van der Waals surface area (Å²) in [5, 5.41) is 4.01. The molecule has 2 unspecified atom stereocenters. The van der Waals surface area contributed by atoms with Crippen molar-refractivity contribution >= 4 is 17.5 Å². The van der Waals surface area contributed by atoms with Crippen LogP contribution in [-0.2, 0) is 6.54 Å². The molecule has 1 aliphatic rings. The molecule has 86 valence electrons. The maximum absolute atomic E-state index is 10.9. The molecule has 2 rings (SSSR count). The van der Waals surface area contributed by atoms with Crippen molar-refractivity contribution in [3.05, 3.63) is 34.3 Å². The second-order valence-electron chi connectivity index (χ2n) is 4.37. The van der Waals surface area contributed by atoms with E-state index in [0.29, 0.717) is 16.6 Å². The van der Waals surface area contributed by atoms with E-state index in [1.165, 1.54) is 6.42 Å². The largest absolute Gasteiger partial charge is 0.366 e. The van der Waals surface area contributed by atoms with E-state index in [9.17, 15) is 4.79 Å². The molecule has 3 nitrogen and oxygen atoms in total. The maximum Gasteiger partial charge on any atom is 0.248 e. The third kappa shape index (κ3) is 2.54. The number of primary amides is 1. The Morgan fingerprint density at radius 3 is 2.81 bits per heavy atom. The van der Waals surface area contributed by atoms with E-state index in [0.717, 1.165) is 18.0 Å². The summed E-state index contributed by atoms with van der Waals surface area (Å²) in [7, 11) is 0. The van der Waals surface area contributed by atoms with Crippen LogP contribution in [0.15, 0.2) is 18.2 Å². The third-order valence-electron chi connectivity index (χ3n) is 3.00. The van der Waals surface area contributed by atoms with Crippen molar-refractivity contribution < 1.29 is 4.79 Å². The number of benzene rings is 1. The van der Waals surface area contributed by atoms with Crippen LogP contribution in [0, 0.1) is 5.92 Å². The summed E-state index contributed by atoms with van der Waals surface area (Å²) in [5.41, 5.74) is 6.63. The molecule has 0 aliphatic heterocycles. The van der Waals surface area contributed by atoms with Crippen molar-refractivity contribution in [2.45, 2.75) is 25.9 Å². The molecule has 0 heterocycles. The van der Waals surface area contributed by atoms with Crippen LogP contribution in [0.1, 0.15) is 29.3 Å². The minimum Gasteiger partial charge on any atom is -0.366 e. The normalized spacial score (nSPS) is 23.1. The van der Waals surface area contributed by atoms with Gasteiger partial charge in [-0.3, -0.25) is 4.79 Å². The molecular weight excluding hydrogens is 224 g/mol. The van der Waals surface area contributed by atoms with Crippen LogP contribution < -0.4 is 11.1 Å². The third-order valence-corrected chi connectivity index (χ3v) is 3.35. The fourth-order valence-corrected chi connectivity index (χ4v) is 1.94. The van der Waals surface area contributed by atoms with Crippen LogP contribution in [0.4, 0.5) is 0 Å². The van der Waals surface area contributed by atoms with Crippen molar-refractivity contribution in [1.29, 1.82) is 0 Å². The lowest BCUT2D eigenvalue weighted by Crippen LogP contribution is -2.17. The lowest BCUT2D eigenvalue weighted by molar-refractivity contribution is 0.100. The predicted molar refractivity (Wildman–Crippen MR) is 64.4 cm³/mol. The molecule has 3 N–H and O–H groups in total. The maximum atomic E-state index is 10.9. The first kappa shape index (κ1) is 11.4. The molecule has 0 aromatic heterocycles. The van der Waals surface area contributed by atoms with Crippen LogP contribution in [-0.4, -0.2) is 11.9 Å². The Kier molecular flexibility index (Phi) is 3.17. The highest BCUT2D eigenvalue weighted by Crippen LogP contribution is 2.29. The smallest absolute Gasteiger partial charge is 0.248 e. The van der Waals surface area contributed by atoms with E-state index in [4.69, 9.17) is 17.3 Å². The van der Waals surface area contributed by atoms with E-state index in [2.05, 4.69) is 12.2 Å². The highest BCUT2D eigenvalue weighted by Gasteiger charge is 2.31. The average molecular weight is 239 g/mol. The number of amides is 1. The van der Waals surface area contributed by atoms with Gasteiger partial charge in [0.15, 0.2) is 0 Å². The molecule has 1 saturated carbocycles. The summed E-state index contributed by atoms with van der Waals surface area (Å²) >= 11 is 6.07. The fourth-order valence-electron chi connectivity index (χ4n) is 1.69. The van der Waals surface area contributed by atoms with Gasteiger partial charge in [0.25, 0.3) is 0 Å². The van der Waals surface area contributed by atoms with Gasteiger partial charge < -0.3 is 11.1 Å².